The predicted molar refractivity (Wildman–Crippen MR) is 44.8 cm³/mol. The molecular formula is C9H16O3. The summed E-state index contributed by atoms with van der Waals surface area (Å²) >= 11 is 0. The van der Waals surface area contributed by atoms with Crippen molar-refractivity contribution in [2.75, 3.05) is 6.61 Å². The molecule has 1 rings (SSSR count). The molecule has 1 fully saturated rings. The van der Waals surface area contributed by atoms with E-state index in [4.69, 9.17) is 9.47 Å². The second kappa shape index (κ2) is 5.27. The van der Waals surface area contributed by atoms with Crippen LogP contribution in [0.1, 0.15) is 32.6 Å². The molecule has 0 radical (unpaired) electrons. The van der Waals surface area contributed by atoms with E-state index >= 15 is 0 Å². The van der Waals surface area contributed by atoms with Crippen LogP contribution in [0.3, 0.4) is 0 Å². The second-order valence-corrected chi connectivity index (χ2v) is 3.13. The highest BCUT2D eigenvalue weighted by atomic mass is 16.7. The summed E-state index contributed by atoms with van der Waals surface area (Å²) < 4.78 is 10.8. The van der Waals surface area contributed by atoms with Gasteiger partial charge in [-0.25, -0.2) is 0 Å². The van der Waals surface area contributed by atoms with Gasteiger partial charge in [-0.2, -0.15) is 0 Å². The van der Waals surface area contributed by atoms with Gasteiger partial charge in [0.15, 0.2) is 6.29 Å². The summed E-state index contributed by atoms with van der Waals surface area (Å²) in [5.74, 6) is 0. The quantitative estimate of drug-likeness (QED) is 0.476. The SMILES string of the molecule is CC1CCCC(OCCC=O)O1. The molecule has 12 heavy (non-hydrogen) atoms. The first kappa shape index (κ1) is 9.68. The van der Waals surface area contributed by atoms with Crippen LogP contribution < -0.4 is 0 Å². The highest BCUT2D eigenvalue weighted by Gasteiger charge is 2.18. The minimum atomic E-state index is -0.0753. The standard InChI is InChI=1S/C9H16O3/c1-8-4-2-5-9(12-8)11-7-3-6-10/h6,8-9H,2-5,7H2,1H3. The fourth-order valence-electron chi connectivity index (χ4n) is 1.34. The van der Waals surface area contributed by atoms with Gasteiger partial charge in [-0.15, -0.1) is 0 Å². The number of ether oxygens (including phenoxy) is 2. The third-order valence-electron chi connectivity index (χ3n) is 1.97. The van der Waals surface area contributed by atoms with Gasteiger partial charge in [-0.3, -0.25) is 0 Å². The van der Waals surface area contributed by atoms with Gasteiger partial charge in [0.25, 0.3) is 0 Å². The summed E-state index contributed by atoms with van der Waals surface area (Å²) in [5.41, 5.74) is 0. The summed E-state index contributed by atoms with van der Waals surface area (Å²) in [5, 5.41) is 0. The molecule has 0 bridgehead atoms. The van der Waals surface area contributed by atoms with E-state index in [0.29, 0.717) is 19.1 Å². The Labute approximate surface area is 73.0 Å². The van der Waals surface area contributed by atoms with Crippen molar-refractivity contribution >= 4 is 6.29 Å². The lowest BCUT2D eigenvalue weighted by molar-refractivity contribution is -0.188. The van der Waals surface area contributed by atoms with Crippen molar-refractivity contribution in [2.24, 2.45) is 0 Å². The van der Waals surface area contributed by atoms with Crippen LogP contribution in [0.4, 0.5) is 0 Å². The van der Waals surface area contributed by atoms with Crippen molar-refractivity contribution in [3.8, 4) is 0 Å². The molecule has 0 aromatic carbocycles. The maximum absolute atomic E-state index is 9.99. The summed E-state index contributed by atoms with van der Waals surface area (Å²) in [6.45, 7) is 2.54. The van der Waals surface area contributed by atoms with Crippen LogP contribution in [0.2, 0.25) is 0 Å². The molecule has 2 atom stereocenters. The van der Waals surface area contributed by atoms with E-state index < -0.39 is 0 Å². The van der Waals surface area contributed by atoms with Crippen LogP contribution >= 0.6 is 0 Å². The van der Waals surface area contributed by atoms with Gasteiger partial charge in [0.05, 0.1) is 12.7 Å². The van der Waals surface area contributed by atoms with E-state index in [1.165, 1.54) is 0 Å². The van der Waals surface area contributed by atoms with Crippen LogP contribution in [-0.2, 0) is 14.3 Å². The van der Waals surface area contributed by atoms with Crippen molar-refractivity contribution in [3.05, 3.63) is 0 Å². The number of carbonyl (C=O) groups excluding carboxylic acids is 1. The molecule has 0 aromatic heterocycles. The van der Waals surface area contributed by atoms with Crippen LogP contribution in [0.5, 0.6) is 0 Å². The normalized spacial score (nSPS) is 30.1. The number of carbonyl (C=O) groups is 1. The number of hydrogen-bond acceptors (Lipinski definition) is 3. The first-order chi connectivity index (χ1) is 5.83. The molecule has 1 saturated heterocycles. The Morgan fingerprint density at radius 2 is 2.42 bits per heavy atom. The summed E-state index contributed by atoms with van der Waals surface area (Å²) in [7, 11) is 0. The second-order valence-electron chi connectivity index (χ2n) is 3.13. The lowest BCUT2D eigenvalue weighted by Crippen LogP contribution is -2.28. The Balaban J connectivity index is 2.09. The van der Waals surface area contributed by atoms with Gasteiger partial charge in [0, 0.05) is 6.42 Å². The molecule has 0 N–H and O–H groups in total. The average molecular weight is 172 g/mol. The first-order valence-corrected chi connectivity index (χ1v) is 4.53. The van der Waals surface area contributed by atoms with Crippen LogP contribution in [-0.4, -0.2) is 25.3 Å². The van der Waals surface area contributed by atoms with Gasteiger partial charge < -0.3 is 14.3 Å². The topological polar surface area (TPSA) is 35.5 Å². The highest BCUT2D eigenvalue weighted by Crippen LogP contribution is 2.19. The van der Waals surface area contributed by atoms with Crippen LogP contribution in [0.25, 0.3) is 0 Å². The van der Waals surface area contributed by atoms with E-state index in [1.807, 2.05) is 0 Å². The van der Waals surface area contributed by atoms with Gasteiger partial charge >= 0.3 is 0 Å². The maximum atomic E-state index is 9.99. The Morgan fingerprint density at radius 1 is 1.58 bits per heavy atom. The van der Waals surface area contributed by atoms with E-state index in [0.717, 1.165) is 25.5 Å². The summed E-state index contributed by atoms with van der Waals surface area (Å²) in [6, 6.07) is 0. The lowest BCUT2D eigenvalue weighted by Gasteiger charge is -2.27. The third-order valence-corrected chi connectivity index (χ3v) is 1.97. The smallest absolute Gasteiger partial charge is 0.157 e. The molecule has 3 nitrogen and oxygen atoms in total. The molecule has 0 aliphatic carbocycles. The van der Waals surface area contributed by atoms with E-state index in [-0.39, 0.29) is 6.29 Å². The number of aldehydes is 1. The third kappa shape index (κ3) is 3.32. The molecule has 2 unspecified atom stereocenters. The molecule has 0 saturated carbocycles. The van der Waals surface area contributed by atoms with Crippen molar-refractivity contribution in [1.82, 2.24) is 0 Å². The fourth-order valence-corrected chi connectivity index (χ4v) is 1.34. The molecule has 1 heterocycles. The lowest BCUT2D eigenvalue weighted by atomic mass is 10.1. The zero-order chi connectivity index (χ0) is 8.81. The zero-order valence-electron chi connectivity index (χ0n) is 7.49. The average Bonchev–Trinajstić information content (AvgIpc) is 2.05. The summed E-state index contributed by atoms with van der Waals surface area (Å²) in [4.78, 5) is 9.99. The predicted octanol–water partition coefficient (Wildman–Crippen LogP) is 1.51. The molecule has 70 valence electrons. The summed E-state index contributed by atoms with van der Waals surface area (Å²) in [6.07, 6.45) is 4.80. The van der Waals surface area contributed by atoms with Gasteiger partial charge in [0.2, 0.25) is 0 Å². The zero-order valence-corrected chi connectivity index (χ0v) is 7.49. The van der Waals surface area contributed by atoms with Gasteiger partial charge in [-0.05, 0) is 26.2 Å². The highest BCUT2D eigenvalue weighted by molar-refractivity contribution is 5.49. The minimum Gasteiger partial charge on any atom is -0.352 e. The minimum absolute atomic E-state index is 0.0753. The maximum Gasteiger partial charge on any atom is 0.157 e. The Morgan fingerprint density at radius 3 is 3.08 bits per heavy atom. The fraction of sp³-hybridized carbons (Fsp3) is 0.889. The molecule has 0 aromatic rings. The molecule has 0 amide bonds. The molecular weight excluding hydrogens is 156 g/mol. The van der Waals surface area contributed by atoms with Crippen LogP contribution in [0.15, 0.2) is 0 Å². The molecule has 3 heteroatoms. The van der Waals surface area contributed by atoms with E-state index in [2.05, 4.69) is 6.92 Å². The molecule has 1 aliphatic rings. The van der Waals surface area contributed by atoms with Gasteiger partial charge in [0.1, 0.15) is 6.29 Å². The Kier molecular flexibility index (Phi) is 4.25. The van der Waals surface area contributed by atoms with Gasteiger partial charge in [-0.1, -0.05) is 0 Å². The van der Waals surface area contributed by atoms with Crippen molar-refractivity contribution in [2.45, 2.75) is 45.0 Å². The molecule has 0 spiro atoms. The largest absolute Gasteiger partial charge is 0.352 e. The van der Waals surface area contributed by atoms with Crippen molar-refractivity contribution < 1.29 is 14.3 Å². The Bertz CT molecular complexity index is 136. The Hall–Kier alpha value is -0.410. The molecule has 1 aliphatic heterocycles. The van der Waals surface area contributed by atoms with E-state index in [1.54, 1.807) is 0 Å². The first-order valence-electron chi connectivity index (χ1n) is 4.53. The van der Waals surface area contributed by atoms with E-state index in [9.17, 15) is 4.79 Å². The van der Waals surface area contributed by atoms with Crippen molar-refractivity contribution in [3.63, 3.8) is 0 Å². The number of rotatable bonds is 4. The monoisotopic (exact) mass is 172 g/mol. The van der Waals surface area contributed by atoms with Crippen LogP contribution in [0, 0.1) is 0 Å². The van der Waals surface area contributed by atoms with Crippen molar-refractivity contribution in [1.29, 1.82) is 0 Å². The number of hydrogen-bond donors (Lipinski definition) is 0.